The van der Waals surface area contributed by atoms with E-state index in [4.69, 9.17) is 0 Å². The molecule has 0 spiro atoms. The van der Waals surface area contributed by atoms with Crippen LogP contribution >= 0.6 is 11.8 Å². The molecule has 6 nitrogen and oxygen atoms in total. The summed E-state index contributed by atoms with van der Waals surface area (Å²) in [4.78, 5) is 20.5. The zero-order valence-corrected chi connectivity index (χ0v) is 17.8. The maximum atomic E-state index is 12.9. The lowest BCUT2D eigenvalue weighted by molar-refractivity contribution is 0.0995. The van der Waals surface area contributed by atoms with Gasteiger partial charge in [0.2, 0.25) is 10.0 Å². The number of carbonyl (C=O) groups is 1. The Hall–Kier alpha value is -2.16. The zero-order chi connectivity index (χ0) is 20.4. The number of rotatable bonds is 6. The number of hydrogen-bond acceptors (Lipinski definition) is 5. The Morgan fingerprint density at radius 3 is 2.62 bits per heavy atom. The smallest absolute Gasteiger partial charge is 0.244 e. The summed E-state index contributed by atoms with van der Waals surface area (Å²) in [6.07, 6.45) is 6.01. The number of ketones is 1. The molecular weight excluding hydrogens is 406 g/mol. The van der Waals surface area contributed by atoms with E-state index in [1.165, 1.54) is 22.3 Å². The SMILES string of the molecule is CC(Sc1ccc(S(=O)(=O)N2CCCCC2)cn1)C(=O)c1c[nH]c2ccccc12. The molecule has 0 radical (unpaired) electrons. The first-order valence-corrected chi connectivity index (χ1v) is 12.0. The van der Waals surface area contributed by atoms with Gasteiger partial charge in [-0.15, -0.1) is 0 Å². The predicted molar refractivity (Wildman–Crippen MR) is 115 cm³/mol. The van der Waals surface area contributed by atoms with Gasteiger partial charge < -0.3 is 4.98 Å². The number of sulfonamides is 1. The molecule has 0 amide bonds. The standard InChI is InChI=1S/C21H23N3O3S2/c1-15(21(25)18-14-22-19-8-4-3-7-17(18)19)28-20-10-9-16(13-23-20)29(26,27)24-11-5-2-6-12-24/h3-4,7-10,13-15,22H,2,5-6,11-12H2,1H3. The maximum Gasteiger partial charge on any atom is 0.244 e. The Balaban J connectivity index is 1.47. The van der Waals surface area contributed by atoms with E-state index in [9.17, 15) is 13.2 Å². The normalized spacial score (nSPS) is 16.7. The molecule has 0 saturated carbocycles. The average molecular weight is 430 g/mol. The minimum atomic E-state index is -3.49. The average Bonchev–Trinajstić information content (AvgIpc) is 3.18. The van der Waals surface area contributed by atoms with E-state index >= 15 is 0 Å². The van der Waals surface area contributed by atoms with E-state index in [0.29, 0.717) is 23.7 Å². The molecule has 1 aliphatic heterocycles. The highest BCUT2D eigenvalue weighted by Gasteiger charge is 2.26. The molecule has 3 heterocycles. The fraction of sp³-hybridized carbons (Fsp3) is 0.333. The number of nitrogens with one attached hydrogen (secondary N) is 1. The molecule has 152 valence electrons. The second-order valence-electron chi connectivity index (χ2n) is 7.17. The monoisotopic (exact) mass is 429 g/mol. The number of para-hydroxylation sites is 1. The number of benzene rings is 1. The molecule has 2 aromatic heterocycles. The van der Waals surface area contributed by atoms with Crippen molar-refractivity contribution in [3.63, 3.8) is 0 Å². The molecule has 1 N–H and O–H groups in total. The van der Waals surface area contributed by atoms with E-state index in [1.54, 1.807) is 18.3 Å². The summed E-state index contributed by atoms with van der Waals surface area (Å²) in [5, 5.41) is 1.19. The molecule has 3 aromatic rings. The number of pyridine rings is 1. The third-order valence-corrected chi connectivity index (χ3v) is 8.12. The van der Waals surface area contributed by atoms with Crippen LogP contribution < -0.4 is 0 Å². The number of aromatic amines is 1. The molecule has 29 heavy (non-hydrogen) atoms. The highest BCUT2D eigenvalue weighted by atomic mass is 32.2. The number of aromatic nitrogens is 2. The molecule has 1 atom stereocenters. The van der Waals surface area contributed by atoms with E-state index in [-0.39, 0.29) is 15.9 Å². The Bertz CT molecular complexity index is 1120. The molecular formula is C21H23N3O3S2. The van der Waals surface area contributed by atoms with Gasteiger partial charge in [-0.3, -0.25) is 4.79 Å². The van der Waals surface area contributed by atoms with Gasteiger partial charge in [0.25, 0.3) is 0 Å². The number of hydrogen-bond donors (Lipinski definition) is 1. The molecule has 1 fully saturated rings. The van der Waals surface area contributed by atoms with Crippen LogP contribution in [0.25, 0.3) is 10.9 Å². The van der Waals surface area contributed by atoms with Crippen molar-refractivity contribution in [1.29, 1.82) is 0 Å². The summed E-state index contributed by atoms with van der Waals surface area (Å²) in [5.41, 5.74) is 1.59. The van der Waals surface area contributed by atoms with Crippen LogP contribution in [0.4, 0.5) is 0 Å². The first-order chi connectivity index (χ1) is 14.0. The molecule has 1 aromatic carbocycles. The Labute approximate surface area is 174 Å². The van der Waals surface area contributed by atoms with Crippen LogP contribution in [0.2, 0.25) is 0 Å². The van der Waals surface area contributed by atoms with Gasteiger partial charge in [-0.25, -0.2) is 13.4 Å². The fourth-order valence-corrected chi connectivity index (χ4v) is 5.89. The summed E-state index contributed by atoms with van der Waals surface area (Å²) in [6, 6.07) is 11.0. The fourth-order valence-electron chi connectivity index (χ4n) is 3.57. The van der Waals surface area contributed by atoms with Gasteiger partial charge in [-0.2, -0.15) is 4.31 Å². The van der Waals surface area contributed by atoms with E-state index in [2.05, 4.69) is 9.97 Å². The lowest BCUT2D eigenvalue weighted by Crippen LogP contribution is -2.35. The number of nitrogens with zero attached hydrogens (tertiary/aromatic N) is 2. The number of thioether (sulfide) groups is 1. The van der Waals surface area contributed by atoms with Crippen molar-refractivity contribution in [2.75, 3.05) is 13.1 Å². The van der Waals surface area contributed by atoms with Gasteiger partial charge in [-0.05, 0) is 38.0 Å². The predicted octanol–water partition coefficient (Wildman–Crippen LogP) is 4.10. The Morgan fingerprint density at radius 2 is 1.90 bits per heavy atom. The number of Topliss-reactive ketones (excluding diaryl/α,β-unsaturated/α-hetero) is 1. The first kappa shape index (κ1) is 20.1. The van der Waals surface area contributed by atoms with Crippen molar-refractivity contribution in [3.8, 4) is 0 Å². The lowest BCUT2D eigenvalue weighted by atomic mass is 10.1. The van der Waals surface area contributed by atoms with Crippen molar-refractivity contribution in [2.24, 2.45) is 0 Å². The lowest BCUT2D eigenvalue weighted by Gasteiger charge is -2.25. The first-order valence-electron chi connectivity index (χ1n) is 9.70. The zero-order valence-electron chi connectivity index (χ0n) is 16.2. The second kappa shape index (κ2) is 8.30. The molecule has 4 rings (SSSR count). The summed E-state index contributed by atoms with van der Waals surface area (Å²) < 4.78 is 27.0. The van der Waals surface area contributed by atoms with Gasteiger partial charge >= 0.3 is 0 Å². The number of fused-ring (bicyclic) bond motifs is 1. The van der Waals surface area contributed by atoms with Gasteiger partial charge in [-0.1, -0.05) is 36.4 Å². The molecule has 0 bridgehead atoms. The minimum Gasteiger partial charge on any atom is -0.360 e. The van der Waals surface area contributed by atoms with Crippen LogP contribution in [0.15, 0.2) is 58.7 Å². The largest absolute Gasteiger partial charge is 0.360 e. The maximum absolute atomic E-state index is 12.9. The summed E-state index contributed by atoms with van der Waals surface area (Å²) in [7, 11) is -3.49. The van der Waals surface area contributed by atoms with Crippen LogP contribution in [-0.4, -0.2) is 46.8 Å². The topological polar surface area (TPSA) is 83.1 Å². The third kappa shape index (κ3) is 4.10. The molecule has 1 saturated heterocycles. The minimum absolute atomic E-state index is 0.0132. The van der Waals surface area contributed by atoms with Crippen molar-refractivity contribution in [3.05, 3.63) is 54.4 Å². The number of carbonyl (C=O) groups excluding carboxylic acids is 1. The van der Waals surface area contributed by atoms with Crippen molar-refractivity contribution in [1.82, 2.24) is 14.3 Å². The van der Waals surface area contributed by atoms with Crippen LogP contribution in [0.5, 0.6) is 0 Å². The summed E-state index contributed by atoms with van der Waals surface area (Å²) in [5.74, 6) is 0.0132. The highest BCUT2D eigenvalue weighted by molar-refractivity contribution is 8.00. The van der Waals surface area contributed by atoms with Gasteiger partial charge in [0.05, 0.1) is 10.3 Å². The quantitative estimate of drug-likeness (QED) is 0.471. The molecule has 1 aliphatic rings. The third-order valence-electron chi connectivity index (χ3n) is 5.18. The van der Waals surface area contributed by atoms with Crippen molar-refractivity contribution in [2.45, 2.75) is 41.4 Å². The number of piperidine rings is 1. The van der Waals surface area contributed by atoms with Crippen LogP contribution in [0.1, 0.15) is 36.5 Å². The number of H-pyrrole nitrogens is 1. The summed E-state index contributed by atoms with van der Waals surface area (Å²) >= 11 is 1.33. The van der Waals surface area contributed by atoms with E-state index < -0.39 is 10.0 Å². The van der Waals surface area contributed by atoms with Crippen LogP contribution in [0.3, 0.4) is 0 Å². The highest BCUT2D eigenvalue weighted by Crippen LogP contribution is 2.28. The molecule has 8 heteroatoms. The van der Waals surface area contributed by atoms with Crippen LogP contribution in [-0.2, 0) is 10.0 Å². The van der Waals surface area contributed by atoms with Gasteiger partial charge in [0.15, 0.2) is 5.78 Å². The van der Waals surface area contributed by atoms with E-state index in [1.807, 2.05) is 31.2 Å². The van der Waals surface area contributed by atoms with E-state index in [0.717, 1.165) is 30.2 Å². The molecule has 1 unspecified atom stereocenters. The van der Waals surface area contributed by atoms with Gasteiger partial charge in [0.1, 0.15) is 4.90 Å². The molecule has 0 aliphatic carbocycles. The Morgan fingerprint density at radius 1 is 1.14 bits per heavy atom. The van der Waals surface area contributed by atoms with Crippen molar-refractivity contribution >= 4 is 38.5 Å². The summed E-state index contributed by atoms with van der Waals surface area (Å²) in [6.45, 7) is 2.97. The van der Waals surface area contributed by atoms with Gasteiger partial charge in [0, 0.05) is 41.9 Å². The Kier molecular flexibility index (Phi) is 5.76. The van der Waals surface area contributed by atoms with Crippen LogP contribution in [0, 0.1) is 0 Å². The van der Waals surface area contributed by atoms with Crippen molar-refractivity contribution < 1.29 is 13.2 Å². The second-order valence-corrected chi connectivity index (χ2v) is 10.5.